The minimum atomic E-state index is -0.931. The summed E-state index contributed by atoms with van der Waals surface area (Å²) in [5.41, 5.74) is 1.14. The second-order valence-electron chi connectivity index (χ2n) is 4.00. The van der Waals surface area contributed by atoms with Crippen LogP contribution in [-0.2, 0) is 11.2 Å². The zero-order valence-electron chi connectivity index (χ0n) is 11.2. The molecule has 1 atom stereocenters. The van der Waals surface area contributed by atoms with Crippen LogP contribution >= 0.6 is 0 Å². The summed E-state index contributed by atoms with van der Waals surface area (Å²) in [4.78, 5) is 22.7. The van der Waals surface area contributed by atoms with E-state index in [0.717, 1.165) is 5.56 Å². The molecule has 0 saturated heterocycles. The highest BCUT2D eigenvalue weighted by atomic mass is 16.5. The average molecular weight is 266 g/mol. The molecule has 0 aromatic heterocycles. The molecule has 0 aliphatic heterocycles. The predicted molar refractivity (Wildman–Crippen MR) is 70.6 cm³/mol. The summed E-state index contributed by atoms with van der Waals surface area (Å²) in [6.45, 7) is 0. The molecule has 1 amide bonds. The molecular formula is C13H18N2O4. The molecule has 6 nitrogen and oxygen atoms in total. The van der Waals surface area contributed by atoms with Gasteiger partial charge in [0.2, 0.25) is 0 Å². The molecule has 1 aromatic rings. The minimum absolute atomic E-state index is 0.268. The summed E-state index contributed by atoms with van der Waals surface area (Å²) in [6, 6.07) is 4.36. The third-order valence-electron chi connectivity index (χ3n) is 2.82. The summed E-state index contributed by atoms with van der Waals surface area (Å²) in [5, 5.41) is 14.2. The Balaban J connectivity index is 3.04. The predicted octanol–water partition coefficient (Wildman–Crippen LogP) is 0.270. The molecule has 0 aliphatic carbocycles. The molecular weight excluding hydrogens is 248 g/mol. The highest BCUT2D eigenvalue weighted by molar-refractivity contribution is 5.97. The zero-order chi connectivity index (χ0) is 14.4. The minimum Gasteiger partial charge on any atom is -0.496 e. The van der Waals surface area contributed by atoms with Gasteiger partial charge in [-0.05, 0) is 31.2 Å². The standard InChI is InChI=1S/C13H18N2O4/c1-14-10(13(17)18)7-8-4-5-11(19-3)9(6-8)12(16)15-2/h4-6,10,14H,7H2,1-3H3,(H,15,16)(H,17,18). The lowest BCUT2D eigenvalue weighted by Gasteiger charge is -2.13. The molecule has 6 heteroatoms. The second kappa shape index (κ2) is 6.75. The van der Waals surface area contributed by atoms with E-state index in [2.05, 4.69) is 10.6 Å². The van der Waals surface area contributed by atoms with Crippen molar-refractivity contribution in [1.29, 1.82) is 0 Å². The van der Waals surface area contributed by atoms with E-state index >= 15 is 0 Å². The number of carboxylic acids is 1. The fourth-order valence-corrected chi connectivity index (χ4v) is 1.74. The van der Waals surface area contributed by atoms with Crippen molar-refractivity contribution in [2.24, 2.45) is 0 Å². The molecule has 1 aromatic carbocycles. The molecule has 1 unspecified atom stereocenters. The maximum atomic E-state index is 11.7. The third-order valence-corrected chi connectivity index (χ3v) is 2.82. The molecule has 3 N–H and O–H groups in total. The molecule has 104 valence electrons. The van der Waals surface area contributed by atoms with Crippen molar-refractivity contribution < 1.29 is 19.4 Å². The number of hydrogen-bond acceptors (Lipinski definition) is 4. The van der Waals surface area contributed by atoms with Gasteiger partial charge in [-0.2, -0.15) is 0 Å². The van der Waals surface area contributed by atoms with Crippen molar-refractivity contribution in [1.82, 2.24) is 10.6 Å². The van der Waals surface area contributed by atoms with Crippen LogP contribution < -0.4 is 15.4 Å². The van der Waals surface area contributed by atoms with E-state index < -0.39 is 12.0 Å². The Kier molecular flexibility index (Phi) is 5.32. The van der Waals surface area contributed by atoms with Gasteiger partial charge in [-0.1, -0.05) is 6.07 Å². The van der Waals surface area contributed by atoms with Gasteiger partial charge < -0.3 is 20.5 Å². The average Bonchev–Trinajstić information content (AvgIpc) is 2.43. The number of carbonyl (C=O) groups is 2. The first-order valence-electron chi connectivity index (χ1n) is 5.82. The number of methoxy groups -OCH3 is 1. The fourth-order valence-electron chi connectivity index (χ4n) is 1.74. The van der Waals surface area contributed by atoms with Crippen LogP contribution in [0.3, 0.4) is 0 Å². The molecule has 1 rings (SSSR count). The van der Waals surface area contributed by atoms with Gasteiger partial charge in [-0.25, -0.2) is 0 Å². The van der Waals surface area contributed by atoms with Crippen LogP contribution in [0.15, 0.2) is 18.2 Å². The van der Waals surface area contributed by atoms with Crippen molar-refractivity contribution in [3.63, 3.8) is 0 Å². The highest BCUT2D eigenvalue weighted by Gasteiger charge is 2.17. The van der Waals surface area contributed by atoms with Crippen molar-refractivity contribution in [2.75, 3.05) is 21.2 Å². The van der Waals surface area contributed by atoms with E-state index in [9.17, 15) is 9.59 Å². The summed E-state index contributed by atoms with van der Waals surface area (Å²) >= 11 is 0. The number of likely N-dealkylation sites (N-methyl/N-ethyl adjacent to an activating group) is 1. The molecule has 0 spiro atoms. The van der Waals surface area contributed by atoms with Crippen LogP contribution in [0.5, 0.6) is 5.75 Å². The van der Waals surface area contributed by atoms with Crippen LogP contribution in [0.1, 0.15) is 15.9 Å². The lowest BCUT2D eigenvalue weighted by molar-refractivity contribution is -0.139. The van der Waals surface area contributed by atoms with Crippen LogP contribution in [0, 0.1) is 0 Å². The maximum absolute atomic E-state index is 11.7. The SMILES string of the molecule is CNC(=O)c1cc(CC(NC)C(=O)O)ccc1OC. The Hall–Kier alpha value is -2.08. The number of aliphatic carboxylic acids is 1. The topological polar surface area (TPSA) is 87.7 Å². The van der Waals surface area contributed by atoms with Crippen LogP contribution in [-0.4, -0.2) is 44.2 Å². The van der Waals surface area contributed by atoms with Gasteiger partial charge in [-0.15, -0.1) is 0 Å². The largest absolute Gasteiger partial charge is 0.496 e. The number of nitrogens with one attached hydrogen (secondary N) is 2. The van der Waals surface area contributed by atoms with E-state index in [1.807, 2.05) is 0 Å². The van der Waals surface area contributed by atoms with Crippen molar-refractivity contribution in [2.45, 2.75) is 12.5 Å². The van der Waals surface area contributed by atoms with Crippen LogP contribution in [0.4, 0.5) is 0 Å². The molecule has 0 fully saturated rings. The number of benzene rings is 1. The third kappa shape index (κ3) is 3.69. The Morgan fingerprint density at radius 3 is 2.53 bits per heavy atom. The number of carbonyl (C=O) groups excluding carboxylic acids is 1. The molecule has 0 saturated carbocycles. The smallest absolute Gasteiger partial charge is 0.321 e. The molecule has 19 heavy (non-hydrogen) atoms. The van der Waals surface area contributed by atoms with Gasteiger partial charge >= 0.3 is 5.97 Å². The first kappa shape index (κ1) is 15.0. The van der Waals surface area contributed by atoms with Crippen molar-refractivity contribution in [3.05, 3.63) is 29.3 Å². The van der Waals surface area contributed by atoms with Gasteiger partial charge in [-0.3, -0.25) is 9.59 Å². The summed E-state index contributed by atoms with van der Waals surface area (Å²) in [7, 11) is 4.60. The van der Waals surface area contributed by atoms with Crippen LogP contribution in [0.2, 0.25) is 0 Å². The Morgan fingerprint density at radius 2 is 2.05 bits per heavy atom. The Labute approximate surface area is 111 Å². The van der Waals surface area contributed by atoms with Crippen LogP contribution in [0.25, 0.3) is 0 Å². The fraction of sp³-hybridized carbons (Fsp3) is 0.385. The van der Waals surface area contributed by atoms with Gasteiger partial charge in [0.05, 0.1) is 12.7 Å². The van der Waals surface area contributed by atoms with E-state index in [-0.39, 0.29) is 5.91 Å². The van der Waals surface area contributed by atoms with E-state index in [0.29, 0.717) is 17.7 Å². The second-order valence-corrected chi connectivity index (χ2v) is 4.00. The molecule has 0 aliphatic rings. The first-order valence-corrected chi connectivity index (χ1v) is 5.82. The Morgan fingerprint density at radius 1 is 1.37 bits per heavy atom. The summed E-state index contributed by atoms with van der Waals surface area (Å²) in [5.74, 6) is -0.741. The maximum Gasteiger partial charge on any atom is 0.321 e. The number of rotatable bonds is 6. The van der Waals surface area contributed by atoms with Gasteiger partial charge in [0.1, 0.15) is 11.8 Å². The van der Waals surface area contributed by atoms with Gasteiger partial charge in [0.25, 0.3) is 5.91 Å². The lowest BCUT2D eigenvalue weighted by Crippen LogP contribution is -2.35. The number of hydrogen-bond donors (Lipinski definition) is 3. The summed E-state index contributed by atoms with van der Waals surface area (Å²) in [6.07, 6.45) is 0.291. The summed E-state index contributed by atoms with van der Waals surface area (Å²) < 4.78 is 5.11. The lowest BCUT2D eigenvalue weighted by atomic mass is 10.0. The quantitative estimate of drug-likeness (QED) is 0.688. The van der Waals surface area contributed by atoms with E-state index in [1.54, 1.807) is 25.2 Å². The van der Waals surface area contributed by atoms with Crippen molar-refractivity contribution in [3.8, 4) is 5.75 Å². The van der Waals surface area contributed by atoms with Gasteiger partial charge in [0, 0.05) is 7.05 Å². The normalized spacial score (nSPS) is 11.7. The monoisotopic (exact) mass is 266 g/mol. The first-order chi connectivity index (χ1) is 9.03. The number of ether oxygens (including phenoxy) is 1. The van der Waals surface area contributed by atoms with E-state index in [4.69, 9.17) is 9.84 Å². The molecule has 0 heterocycles. The molecule has 0 bridgehead atoms. The molecule has 0 radical (unpaired) electrons. The Bertz CT molecular complexity index is 474. The zero-order valence-corrected chi connectivity index (χ0v) is 11.2. The number of carboxylic acid groups (broad SMARTS) is 1. The highest BCUT2D eigenvalue weighted by Crippen LogP contribution is 2.20. The number of amides is 1. The van der Waals surface area contributed by atoms with Crippen molar-refractivity contribution >= 4 is 11.9 Å². The van der Waals surface area contributed by atoms with Gasteiger partial charge in [0.15, 0.2) is 0 Å². The van der Waals surface area contributed by atoms with E-state index in [1.165, 1.54) is 14.2 Å².